The molecule has 1 rings (SSSR count). The Bertz CT molecular complexity index is 362. The van der Waals surface area contributed by atoms with E-state index in [0.717, 1.165) is 11.3 Å². The Kier molecular flexibility index (Phi) is 5.49. The molecule has 0 radical (unpaired) electrons. The van der Waals surface area contributed by atoms with E-state index in [4.69, 9.17) is 14.6 Å². The molecule has 1 aromatic rings. The van der Waals surface area contributed by atoms with E-state index in [-0.39, 0.29) is 6.61 Å². The smallest absolute Gasteiger partial charge is 0.309 e. The molecule has 4 heteroatoms. The number of carbonyl (C=O) groups is 1. The molecule has 0 amide bonds. The maximum Gasteiger partial charge on any atom is 0.309 e. The number of carboxylic acid groups (broad SMARTS) is 1. The molecular weight excluding hydrogens is 220 g/mol. The van der Waals surface area contributed by atoms with Gasteiger partial charge in [0.2, 0.25) is 0 Å². The summed E-state index contributed by atoms with van der Waals surface area (Å²) in [4.78, 5) is 11.0. The van der Waals surface area contributed by atoms with Crippen molar-refractivity contribution < 1.29 is 19.4 Å². The number of hydrogen-bond acceptors (Lipinski definition) is 3. The summed E-state index contributed by atoms with van der Waals surface area (Å²) in [7, 11) is 1.51. The van der Waals surface area contributed by atoms with Gasteiger partial charge < -0.3 is 14.6 Å². The second-order valence-corrected chi connectivity index (χ2v) is 3.78. The zero-order valence-electron chi connectivity index (χ0n) is 10.2. The topological polar surface area (TPSA) is 55.8 Å². The van der Waals surface area contributed by atoms with Crippen molar-refractivity contribution in [2.75, 3.05) is 20.3 Å². The van der Waals surface area contributed by atoms with Crippen molar-refractivity contribution in [2.45, 2.75) is 13.3 Å². The predicted octanol–water partition coefficient (Wildman–Crippen LogP) is 1.97. The standard InChI is InChI=1S/C13H18O4/c1-3-17-12-6-4-5-10(8-12)7-11(9-16-2)13(14)15/h4-6,8,11H,3,7,9H2,1-2H3,(H,14,15). The van der Waals surface area contributed by atoms with Gasteiger partial charge in [0.15, 0.2) is 0 Å². The normalized spacial score (nSPS) is 12.1. The zero-order chi connectivity index (χ0) is 12.7. The van der Waals surface area contributed by atoms with E-state index in [9.17, 15) is 4.79 Å². The van der Waals surface area contributed by atoms with E-state index >= 15 is 0 Å². The zero-order valence-corrected chi connectivity index (χ0v) is 10.2. The van der Waals surface area contributed by atoms with Gasteiger partial charge in [-0.1, -0.05) is 12.1 Å². The van der Waals surface area contributed by atoms with Gasteiger partial charge in [0.1, 0.15) is 5.75 Å². The van der Waals surface area contributed by atoms with Gasteiger partial charge in [0.05, 0.1) is 19.1 Å². The SMILES string of the molecule is CCOc1cccc(CC(COC)C(=O)O)c1. The van der Waals surface area contributed by atoms with E-state index in [1.54, 1.807) is 0 Å². The molecule has 1 aromatic carbocycles. The summed E-state index contributed by atoms with van der Waals surface area (Å²) in [5, 5.41) is 9.03. The molecule has 0 fully saturated rings. The lowest BCUT2D eigenvalue weighted by Gasteiger charge is -2.12. The van der Waals surface area contributed by atoms with E-state index < -0.39 is 11.9 Å². The monoisotopic (exact) mass is 238 g/mol. The maximum absolute atomic E-state index is 11.0. The van der Waals surface area contributed by atoms with Gasteiger partial charge in [0, 0.05) is 7.11 Å². The van der Waals surface area contributed by atoms with Crippen molar-refractivity contribution in [1.82, 2.24) is 0 Å². The molecule has 0 spiro atoms. The fourth-order valence-corrected chi connectivity index (χ4v) is 1.63. The highest BCUT2D eigenvalue weighted by atomic mass is 16.5. The van der Waals surface area contributed by atoms with Crippen LogP contribution in [0.15, 0.2) is 24.3 Å². The molecular formula is C13H18O4. The van der Waals surface area contributed by atoms with E-state index in [1.807, 2.05) is 31.2 Å². The average Bonchev–Trinajstić information content (AvgIpc) is 2.29. The minimum atomic E-state index is -0.839. The van der Waals surface area contributed by atoms with Crippen molar-refractivity contribution >= 4 is 5.97 Å². The van der Waals surface area contributed by atoms with Gasteiger partial charge in [-0.3, -0.25) is 4.79 Å². The lowest BCUT2D eigenvalue weighted by atomic mass is 10.00. The molecule has 1 unspecified atom stereocenters. The van der Waals surface area contributed by atoms with Gasteiger partial charge in [-0.15, -0.1) is 0 Å². The Balaban J connectivity index is 2.71. The molecule has 17 heavy (non-hydrogen) atoms. The Hall–Kier alpha value is -1.55. The van der Waals surface area contributed by atoms with Crippen LogP contribution in [0.5, 0.6) is 5.75 Å². The van der Waals surface area contributed by atoms with Crippen LogP contribution in [-0.4, -0.2) is 31.4 Å². The first-order valence-corrected chi connectivity index (χ1v) is 5.60. The Morgan fingerprint density at radius 2 is 2.24 bits per heavy atom. The predicted molar refractivity (Wildman–Crippen MR) is 64.3 cm³/mol. The van der Waals surface area contributed by atoms with Gasteiger partial charge in [0.25, 0.3) is 0 Å². The second-order valence-electron chi connectivity index (χ2n) is 3.78. The maximum atomic E-state index is 11.0. The summed E-state index contributed by atoms with van der Waals surface area (Å²) in [6.07, 6.45) is 0.448. The van der Waals surface area contributed by atoms with Gasteiger partial charge in [-0.2, -0.15) is 0 Å². The third kappa shape index (κ3) is 4.44. The third-order valence-electron chi connectivity index (χ3n) is 2.41. The number of rotatable bonds is 7. The summed E-state index contributed by atoms with van der Waals surface area (Å²) in [6.45, 7) is 2.73. The number of benzene rings is 1. The largest absolute Gasteiger partial charge is 0.494 e. The van der Waals surface area contributed by atoms with Crippen LogP contribution >= 0.6 is 0 Å². The molecule has 0 aliphatic carbocycles. The highest BCUT2D eigenvalue weighted by Gasteiger charge is 2.17. The fraction of sp³-hybridized carbons (Fsp3) is 0.462. The van der Waals surface area contributed by atoms with Crippen LogP contribution < -0.4 is 4.74 Å². The van der Waals surface area contributed by atoms with Crippen LogP contribution in [0.3, 0.4) is 0 Å². The highest BCUT2D eigenvalue weighted by Crippen LogP contribution is 2.17. The molecule has 0 aliphatic rings. The number of aliphatic carboxylic acids is 1. The average molecular weight is 238 g/mol. The summed E-state index contributed by atoms with van der Waals surface area (Å²) in [5.41, 5.74) is 0.945. The molecule has 0 heterocycles. The molecule has 4 nitrogen and oxygen atoms in total. The minimum absolute atomic E-state index is 0.216. The number of carboxylic acids is 1. The molecule has 0 aromatic heterocycles. The fourth-order valence-electron chi connectivity index (χ4n) is 1.63. The molecule has 0 saturated carbocycles. The summed E-state index contributed by atoms with van der Waals surface area (Å²) >= 11 is 0. The van der Waals surface area contributed by atoms with E-state index in [1.165, 1.54) is 7.11 Å². The Morgan fingerprint density at radius 3 is 2.82 bits per heavy atom. The molecule has 0 saturated heterocycles. The van der Waals surface area contributed by atoms with Crippen molar-refractivity contribution in [3.63, 3.8) is 0 Å². The van der Waals surface area contributed by atoms with E-state index in [0.29, 0.717) is 13.0 Å². The molecule has 0 bridgehead atoms. The highest BCUT2D eigenvalue weighted by molar-refractivity contribution is 5.70. The second kappa shape index (κ2) is 6.91. The van der Waals surface area contributed by atoms with Crippen molar-refractivity contribution in [3.8, 4) is 5.75 Å². The molecule has 94 valence electrons. The third-order valence-corrected chi connectivity index (χ3v) is 2.41. The molecule has 0 aliphatic heterocycles. The van der Waals surface area contributed by atoms with Crippen LogP contribution in [-0.2, 0) is 16.0 Å². The first kappa shape index (κ1) is 13.5. The van der Waals surface area contributed by atoms with Crippen LogP contribution in [0.25, 0.3) is 0 Å². The number of ether oxygens (including phenoxy) is 2. The van der Waals surface area contributed by atoms with E-state index in [2.05, 4.69) is 0 Å². The van der Waals surface area contributed by atoms with Crippen molar-refractivity contribution in [2.24, 2.45) is 5.92 Å². The lowest BCUT2D eigenvalue weighted by molar-refractivity contribution is -0.143. The van der Waals surface area contributed by atoms with Crippen LogP contribution in [0.1, 0.15) is 12.5 Å². The lowest BCUT2D eigenvalue weighted by Crippen LogP contribution is -2.21. The number of methoxy groups -OCH3 is 1. The van der Waals surface area contributed by atoms with Crippen LogP contribution in [0.2, 0.25) is 0 Å². The molecule has 1 N–H and O–H groups in total. The quantitative estimate of drug-likeness (QED) is 0.789. The van der Waals surface area contributed by atoms with Gasteiger partial charge in [-0.25, -0.2) is 0 Å². The van der Waals surface area contributed by atoms with Gasteiger partial charge >= 0.3 is 5.97 Å². The van der Waals surface area contributed by atoms with Crippen molar-refractivity contribution in [1.29, 1.82) is 0 Å². The van der Waals surface area contributed by atoms with Crippen molar-refractivity contribution in [3.05, 3.63) is 29.8 Å². The van der Waals surface area contributed by atoms with Gasteiger partial charge in [-0.05, 0) is 31.0 Å². The van der Waals surface area contributed by atoms with Crippen LogP contribution in [0.4, 0.5) is 0 Å². The Morgan fingerprint density at radius 1 is 1.47 bits per heavy atom. The summed E-state index contributed by atoms with van der Waals surface area (Å²) in [5.74, 6) is -0.586. The Labute approximate surface area is 101 Å². The summed E-state index contributed by atoms with van der Waals surface area (Å²) in [6, 6.07) is 7.49. The number of hydrogen-bond donors (Lipinski definition) is 1. The first-order valence-electron chi connectivity index (χ1n) is 5.60. The molecule has 1 atom stereocenters. The van der Waals surface area contributed by atoms with Crippen LogP contribution in [0, 0.1) is 5.92 Å². The minimum Gasteiger partial charge on any atom is -0.494 e. The first-order chi connectivity index (χ1) is 8.17. The summed E-state index contributed by atoms with van der Waals surface area (Å²) < 4.78 is 10.3.